The Morgan fingerprint density at radius 2 is 1.54 bits per heavy atom. The maximum Gasteiger partial charge on any atom is 0.252 e. The number of morpholine rings is 1. The van der Waals surface area contributed by atoms with E-state index in [0.29, 0.717) is 11.3 Å². The number of carbonyl (C=O) groups is 2. The number of aliphatic hydroxyl groups is 1. The van der Waals surface area contributed by atoms with Crippen molar-refractivity contribution in [3.63, 3.8) is 0 Å². The molecule has 2 amide bonds. The molecule has 9 heteroatoms. The predicted octanol–water partition coefficient (Wildman–Crippen LogP) is 1.61. The number of carbonyl (C=O) groups excluding carboxylic acids is 2. The number of nitrogens with one attached hydrogen (secondary N) is 1. The molecule has 1 fully saturated rings. The molecule has 0 radical (unpaired) electrons. The lowest BCUT2D eigenvalue weighted by Gasteiger charge is -2.26. The number of amides is 2. The van der Waals surface area contributed by atoms with Crippen LogP contribution in [-0.2, 0) is 16.1 Å². The van der Waals surface area contributed by atoms with E-state index in [0.717, 1.165) is 49.7 Å². The first-order chi connectivity index (χ1) is 16.9. The highest BCUT2D eigenvalue weighted by molar-refractivity contribution is 5.97. The third-order valence-electron chi connectivity index (χ3n) is 5.93. The fraction of sp³-hybridized carbons (Fsp3) is 0.308. The van der Waals surface area contributed by atoms with Crippen LogP contribution in [0.3, 0.4) is 0 Å². The van der Waals surface area contributed by atoms with Crippen molar-refractivity contribution in [3.05, 3.63) is 72.1 Å². The van der Waals surface area contributed by atoms with E-state index in [2.05, 4.69) is 44.5 Å². The molecule has 4 rings (SSSR count). The third kappa shape index (κ3) is 6.27. The molecule has 2 aromatic carbocycles. The van der Waals surface area contributed by atoms with Crippen LogP contribution in [-0.4, -0.2) is 70.2 Å². The summed E-state index contributed by atoms with van der Waals surface area (Å²) in [6, 6.07) is 13.9. The van der Waals surface area contributed by atoms with Crippen LogP contribution in [0.4, 0.5) is 0 Å². The number of nitrogens with two attached hydrogens (primary N) is 1. The summed E-state index contributed by atoms with van der Waals surface area (Å²) in [5, 5.41) is 12.1. The first kappa shape index (κ1) is 24.5. The molecular formula is C26H29N5O4. The second-order valence-electron chi connectivity index (χ2n) is 8.54. The van der Waals surface area contributed by atoms with Gasteiger partial charge in [-0.1, -0.05) is 36.4 Å². The van der Waals surface area contributed by atoms with Gasteiger partial charge in [-0.3, -0.25) is 24.5 Å². The Bertz CT molecular complexity index is 1140. The van der Waals surface area contributed by atoms with Gasteiger partial charge in [0.2, 0.25) is 5.91 Å². The zero-order valence-electron chi connectivity index (χ0n) is 19.6. The number of aliphatic hydroxyl groups excluding tert-OH is 1. The third-order valence-corrected chi connectivity index (χ3v) is 5.93. The largest absolute Gasteiger partial charge is 0.391 e. The first-order valence-corrected chi connectivity index (χ1v) is 11.5. The van der Waals surface area contributed by atoms with Crippen LogP contribution < -0.4 is 11.1 Å². The summed E-state index contributed by atoms with van der Waals surface area (Å²) in [6.45, 7) is 5.78. The highest BCUT2D eigenvalue weighted by Gasteiger charge is 2.23. The van der Waals surface area contributed by atoms with E-state index in [1.54, 1.807) is 36.7 Å². The highest BCUT2D eigenvalue weighted by atomic mass is 16.5. The summed E-state index contributed by atoms with van der Waals surface area (Å²) in [6.07, 6.45) is 2.33. The van der Waals surface area contributed by atoms with Gasteiger partial charge in [0.05, 0.1) is 43.1 Å². The molecule has 4 N–H and O–H groups in total. The molecule has 9 nitrogen and oxygen atoms in total. The molecule has 0 spiro atoms. The topological polar surface area (TPSA) is 131 Å². The SMILES string of the molecule is C[C@@H](O)[C@H](NC(=O)c1ccc(-c2cnc(-c3ccc(CN4CCOCC4)cc3)cn2)cc1)C(N)=O. The normalized spacial score (nSPS) is 15.8. The fourth-order valence-electron chi connectivity index (χ4n) is 3.87. The Kier molecular flexibility index (Phi) is 7.81. The van der Waals surface area contributed by atoms with Crippen molar-refractivity contribution in [1.29, 1.82) is 0 Å². The van der Waals surface area contributed by atoms with E-state index in [1.165, 1.54) is 12.5 Å². The smallest absolute Gasteiger partial charge is 0.252 e. The predicted molar refractivity (Wildman–Crippen MR) is 131 cm³/mol. The van der Waals surface area contributed by atoms with Gasteiger partial charge in [0.15, 0.2) is 0 Å². The minimum Gasteiger partial charge on any atom is -0.391 e. The number of benzene rings is 2. The average Bonchev–Trinajstić information content (AvgIpc) is 2.88. The molecule has 182 valence electrons. The monoisotopic (exact) mass is 475 g/mol. The fourth-order valence-corrected chi connectivity index (χ4v) is 3.87. The van der Waals surface area contributed by atoms with Gasteiger partial charge in [-0.15, -0.1) is 0 Å². The van der Waals surface area contributed by atoms with Gasteiger partial charge in [0.1, 0.15) is 6.04 Å². The lowest BCUT2D eigenvalue weighted by atomic mass is 10.1. The quantitative estimate of drug-likeness (QED) is 0.451. The minimum absolute atomic E-state index is 0.336. The highest BCUT2D eigenvalue weighted by Crippen LogP contribution is 2.21. The van der Waals surface area contributed by atoms with Crippen molar-refractivity contribution in [2.45, 2.75) is 25.6 Å². The summed E-state index contributed by atoms with van der Waals surface area (Å²) in [7, 11) is 0. The molecule has 1 aromatic heterocycles. The Morgan fingerprint density at radius 3 is 2.03 bits per heavy atom. The van der Waals surface area contributed by atoms with Crippen molar-refractivity contribution < 1.29 is 19.4 Å². The number of ether oxygens (including phenoxy) is 1. The molecule has 3 aromatic rings. The van der Waals surface area contributed by atoms with Crippen LogP contribution in [0.1, 0.15) is 22.8 Å². The van der Waals surface area contributed by atoms with Crippen LogP contribution in [0.5, 0.6) is 0 Å². The van der Waals surface area contributed by atoms with Gasteiger partial charge < -0.3 is 20.9 Å². The van der Waals surface area contributed by atoms with Gasteiger partial charge in [-0.25, -0.2) is 0 Å². The Balaban J connectivity index is 1.39. The lowest BCUT2D eigenvalue weighted by molar-refractivity contribution is -0.122. The second-order valence-corrected chi connectivity index (χ2v) is 8.54. The Hall–Kier alpha value is -3.66. The van der Waals surface area contributed by atoms with Gasteiger partial charge in [0, 0.05) is 36.3 Å². The van der Waals surface area contributed by atoms with E-state index in [-0.39, 0.29) is 0 Å². The van der Waals surface area contributed by atoms with E-state index in [9.17, 15) is 14.7 Å². The number of hydrogen-bond donors (Lipinski definition) is 3. The van der Waals surface area contributed by atoms with Crippen molar-refractivity contribution in [3.8, 4) is 22.5 Å². The number of hydrogen-bond acceptors (Lipinski definition) is 7. The number of aromatic nitrogens is 2. The summed E-state index contributed by atoms with van der Waals surface area (Å²) < 4.78 is 5.40. The van der Waals surface area contributed by atoms with Crippen molar-refractivity contribution in [2.24, 2.45) is 5.73 Å². The van der Waals surface area contributed by atoms with Crippen molar-refractivity contribution in [2.75, 3.05) is 26.3 Å². The molecule has 0 bridgehead atoms. The van der Waals surface area contributed by atoms with E-state index >= 15 is 0 Å². The summed E-state index contributed by atoms with van der Waals surface area (Å²) in [5.74, 6) is -1.30. The summed E-state index contributed by atoms with van der Waals surface area (Å²) >= 11 is 0. The Morgan fingerprint density at radius 1 is 1.00 bits per heavy atom. The molecule has 0 unspecified atom stereocenters. The first-order valence-electron chi connectivity index (χ1n) is 11.5. The molecular weight excluding hydrogens is 446 g/mol. The molecule has 1 aliphatic rings. The minimum atomic E-state index is -1.16. The lowest BCUT2D eigenvalue weighted by Crippen LogP contribution is -2.50. The molecule has 0 saturated carbocycles. The maximum absolute atomic E-state index is 12.4. The number of rotatable bonds is 8. The van der Waals surface area contributed by atoms with Gasteiger partial charge in [-0.05, 0) is 24.6 Å². The molecule has 35 heavy (non-hydrogen) atoms. The van der Waals surface area contributed by atoms with Crippen molar-refractivity contribution in [1.82, 2.24) is 20.2 Å². The number of nitrogens with zero attached hydrogens (tertiary/aromatic N) is 3. The molecule has 2 atom stereocenters. The summed E-state index contributed by atoms with van der Waals surface area (Å²) in [5.41, 5.74) is 10.0. The molecule has 1 saturated heterocycles. The van der Waals surface area contributed by atoms with Crippen LogP contribution in [0.15, 0.2) is 60.9 Å². The number of primary amides is 1. The van der Waals surface area contributed by atoms with E-state index < -0.39 is 24.0 Å². The zero-order chi connectivity index (χ0) is 24.8. The molecule has 2 heterocycles. The van der Waals surface area contributed by atoms with Gasteiger partial charge in [-0.2, -0.15) is 0 Å². The van der Waals surface area contributed by atoms with Gasteiger partial charge in [0.25, 0.3) is 5.91 Å². The second kappa shape index (κ2) is 11.2. The van der Waals surface area contributed by atoms with E-state index in [4.69, 9.17) is 10.5 Å². The molecule has 1 aliphatic heterocycles. The van der Waals surface area contributed by atoms with Crippen LogP contribution in [0, 0.1) is 0 Å². The maximum atomic E-state index is 12.4. The van der Waals surface area contributed by atoms with Crippen LogP contribution in [0.25, 0.3) is 22.5 Å². The van der Waals surface area contributed by atoms with Gasteiger partial charge >= 0.3 is 0 Å². The zero-order valence-corrected chi connectivity index (χ0v) is 19.6. The Labute approximate surface area is 204 Å². The molecule has 0 aliphatic carbocycles. The summed E-state index contributed by atoms with van der Waals surface area (Å²) in [4.78, 5) is 35.3. The van der Waals surface area contributed by atoms with Crippen LogP contribution >= 0.6 is 0 Å². The van der Waals surface area contributed by atoms with Crippen molar-refractivity contribution >= 4 is 11.8 Å². The standard InChI is InChI=1S/C26H29N5O4/c1-17(32)24(25(27)33)30-26(34)21-8-6-20(7-9-21)23-15-28-22(14-29-23)19-4-2-18(3-5-19)16-31-10-12-35-13-11-31/h2-9,14-15,17,24,32H,10-13,16H2,1H3,(H2,27,33)(H,30,34)/t17-,24+/m1/s1. The average molecular weight is 476 g/mol. The van der Waals surface area contributed by atoms with Crippen LogP contribution in [0.2, 0.25) is 0 Å². The van der Waals surface area contributed by atoms with E-state index in [1.807, 2.05) is 0 Å².